The van der Waals surface area contributed by atoms with E-state index in [1.54, 1.807) is 19.3 Å². The van der Waals surface area contributed by atoms with Crippen LogP contribution in [-0.2, 0) is 7.05 Å². The zero-order valence-corrected chi connectivity index (χ0v) is 15.8. The average Bonchev–Trinajstić information content (AvgIpc) is 3.15. The first-order valence-electron chi connectivity index (χ1n) is 8.87. The smallest absolute Gasteiger partial charge is 0.231 e. The van der Waals surface area contributed by atoms with Gasteiger partial charge in [-0.05, 0) is 50.3 Å². The molecule has 0 radical (unpaired) electrons. The number of aromatic nitrogens is 1. The number of ketones is 1. The van der Waals surface area contributed by atoms with Gasteiger partial charge in [0, 0.05) is 35.3 Å². The summed E-state index contributed by atoms with van der Waals surface area (Å²) in [5.41, 5.74) is 3.37. The molecule has 0 saturated heterocycles. The summed E-state index contributed by atoms with van der Waals surface area (Å²) in [5, 5.41) is 1.00. The lowest BCUT2D eigenvalue weighted by molar-refractivity contribution is 0.101. The van der Waals surface area contributed by atoms with E-state index >= 15 is 0 Å². The molecule has 0 bridgehead atoms. The van der Waals surface area contributed by atoms with Crippen molar-refractivity contribution in [3.63, 3.8) is 0 Å². The summed E-state index contributed by atoms with van der Waals surface area (Å²) >= 11 is 0. The summed E-state index contributed by atoms with van der Waals surface area (Å²) in [7, 11) is 3.61. The molecule has 1 aromatic heterocycles. The second-order valence-electron chi connectivity index (χ2n) is 6.52. The molecule has 0 unspecified atom stereocenters. The summed E-state index contributed by atoms with van der Waals surface area (Å²) in [6, 6.07) is 9.48. The van der Waals surface area contributed by atoms with Crippen molar-refractivity contribution < 1.29 is 19.0 Å². The number of rotatable bonds is 4. The Kier molecular flexibility index (Phi) is 4.15. The minimum atomic E-state index is -0.115. The molecule has 2 aromatic carbocycles. The van der Waals surface area contributed by atoms with Gasteiger partial charge in [-0.1, -0.05) is 0 Å². The highest BCUT2D eigenvalue weighted by Crippen LogP contribution is 2.39. The van der Waals surface area contributed by atoms with Crippen LogP contribution in [0.3, 0.4) is 0 Å². The van der Waals surface area contributed by atoms with E-state index in [1.807, 2.05) is 55.9 Å². The van der Waals surface area contributed by atoms with Crippen LogP contribution in [-0.4, -0.2) is 24.1 Å². The second kappa shape index (κ2) is 6.50. The van der Waals surface area contributed by atoms with Crippen LogP contribution >= 0.6 is 0 Å². The van der Waals surface area contributed by atoms with Gasteiger partial charge in [0.25, 0.3) is 0 Å². The molecule has 138 valence electrons. The van der Waals surface area contributed by atoms with E-state index < -0.39 is 0 Å². The van der Waals surface area contributed by atoms with Gasteiger partial charge in [-0.2, -0.15) is 0 Å². The van der Waals surface area contributed by atoms with Crippen molar-refractivity contribution in [1.82, 2.24) is 4.57 Å². The fraction of sp³-hybridized carbons (Fsp3) is 0.227. The highest BCUT2D eigenvalue weighted by atomic mass is 16.5. The zero-order valence-electron chi connectivity index (χ0n) is 15.8. The lowest BCUT2D eigenvalue weighted by Crippen LogP contribution is -1.97. The van der Waals surface area contributed by atoms with Gasteiger partial charge in [0.2, 0.25) is 5.78 Å². The lowest BCUT2D eigenvalue weighted by Gasteiger charge is -2.09. The SMILES string of the molecule is CCOc1ccc2c(c1C)OC(=Cc1cn(C)c3ccc(OC)cc13)C2=O. The maximum Gasteiger partial charge on any atom is 0.231 e. The molecule has 0 spiro atoms. The number of aryl methyl sites for hydroxylation is 1. The summed E-state index contributed by atoms with van der Waals surface area (Å²) in [6.45, 7) is 4.40. The molecule has 2 heterocycles. The van der Waals surface area contributed by atoms with Crippen LogP contribution in [0.4, 0.5) is 0 Å². The zero-order chi connectivity index (χ0) is 19.1. The fourth-order valence-electron chi connectivity index (χ4n) is 3.46. The standard InChI is InChI=1S/C22H21NO4/c1-5-26-19-9-7-16-21(24)20(27-22(16)13(19)2)10-14-12-23(3)18-8-6-15(25-4)11-17(14)18/h6-12H,5H2,1-4H3. The molecule has 0 saturated carbocycles. The van der Waals surface area contributed by atoms with E-state index in [-0.39, 0.29) is 5.78 Å². The number of allylic oxidation sites excluding steroid dienone is 1. The van der Waals surface area contributed by atoms with Crippen molar-refractivity contribution in [2.24, 2.45) is 7.05 Å². The number of carbonyl (C=O) groups is 1. The van der Waals surface area contributed by atoms with E-state index in [0.717, 1.165) is 33.5 Å². The van der Waals surface area contributed by atoms with Crippen LogP contribution in [0.2, 0.25) is 0 Å². The molecule has 27 heavy (non-hydrogen) atoms. The summed E-state index contributed by atoms with van der Waals surface area (Å²) in [5.74, 6) is 2.29. The van der Waals surface area contributed by atoms with Crippen LogP contribution in [0.25, 0.3) is 17.0 Å². The van der Waals surface area contributed by atoms with Gasteiger partial charge in [0.15, 0.2) is 5.76 Å². The minimum absolute atomic E-state index is 0.115. The number of fused-ring (bicyclic) bond motifs is 2. The third-order valence-electron chi connectivity index (χ3n) is 4.85. The minimum Gasteiger partial charge on any atom is -0.497 e. The Bertz CT molecular complexity index is 1090. The molecule has 1 aliphatic rings. The van der Waals surface area contributed by atoms with Crippen LogP contribution in [0.5, 0.6) is 17.2 Å². The lowest BCUT2D eigenvalue weighted by atomic mass is 10.1. The molecular weight excluding hydrogens is 342 g/mol. The van der Waals surface area contributed by atoms with Crippen molar-refractivity contribution in [2.45, 2.75) is 13.8 Å². The predicted molar refractivity (Wildman–Crippen MR) is 105 cm³/mol. The highest BCUT2D eigenvalue weighted by molar-refractivity contribution is 6.15. The van der Waals surface area contributed by atoms with Gasteiger partial charge in [0.05, 0.1) is 19.3 Å². The normalized spacial score (nSPS) is 14.5. The Balaban J connectivity index is 1.78. The summed E-state index contributed by atoms with van der Waals surface area (Å²) in [6.07, 6.45) is 3.78. The Morgan fingerprint density at radius 1 is 1.22 bits per heavy atom. The average molecular weight is 363 g/mol. The maximum atomic E-state index is 12.8. The largest absolute Gasteiger partial charge is 0.497 e. The Hall–Kier alpha value is -3.21. The summed E-state index contributed by atoms with van der Waals surface area (Å²) < 4.78 is 18.9. The van der Waals surface area contributed by atoms with Crippen molar-refractivity contribution in [3.05, 3.63) is 59.0 Å². The van der Waals surface area contributed by atoms with E-state index in [4.69, 9.17) is 14.2 Å². The Morgan fingerprint density at radius 3 is 2.78 bits per heavy atom. The third-order valence-corrected chi connectivity index (χ3v) is 4.85. The number of hydrogen-bond donors (Lipinski definition) is 0. The molecule has 0 amide bonds. The van der Waals surface area contributed by atoms with Crippen molar-refractivity contribution in [2.75, 3.05) is 13.7 Å². The first-order chi connectivity index (χ1) is 13.0. The number of benzene rings is 2. The van der Waals surface area contributed by atoms with Gasteiger partial charge < -0.3 is 18.8 Å². The monoisotopic (exact) mass is 363 g/mol. The van der Waals surface area contributed by atoms with Crippen molar-refractivity contribution in [1.29, 1.82) is 0 Å². The molecule has 0 fully saturated rings. The van der Waals surface area contributed by atoms with Gasteiger partial charge in [-0.25, -0.2) is 0 Å². The first kappa shape index (κ1) is 17.2. The highest BCUT2D eigenvalue weighted by Gasteiger charge is 2.30. The topological polar surface area (TPSA) is 49.7 Å². The number of methoxy groups -OCH3 is 1. The Morgan fingerprint density at radius 2 is 2.04 bits per heavy atom. The molecule has 3 aromatic rings. The van der Waals surface area contributed by atoms with Crippen LogP contribution in [0.1, 0.15) is 28.4 Å². The van der Waals surface area contributed by atoms with Gasteiger partial charge in [-0.15, -0.1) is 0 Å². The van der Waals surface area contributed by atoms with Crippen LogP contribution < -0.4 is 14.2 Å². The molecule has 1 aliphatic heterocycles. The van der Waals surface area contributed by atoms with Gasteiger partial charge in [0.1, 0.15) is 17.2 Å². The molecule has 5 heteroatoms. The number of nitrogens with zero attached hydrogens (tertiary/aromatic N) is 1. The third kappa shape index (κ3) is 2.76. The van der Waals surface area contributed by atoms with E-state index in [9.17, 15) is 4.79 Å². The quantitative estimate of drug-likeness (QED) is 0.640. The molecule has 0 atom stereocenters. The van der Waals surface area contributed by atoms with Crippen LogP contribution in [0.15, 0.2) is 42.3 Å². The Labute approximate surface area is 157 Å². The number of hydrogen-bond acceptors (Lipinski definition) is 4. The van der Waals surface area contributed by atoms with Gasteiger partial charge in [-0.3, -0.25) is 4.79 Å². The molecular formula is C22H21NO4. The fourth-order valence-corrected chi connectivity index (χ4v) is 3.46. The number of carbonyl (C=O) groups excluding carboxylic acids is 1. The van der Waals surface area contributed by atoms with Gasteiger partial charge >= 0.3 is 0 Å². The number of ether oxygens (including phenoxy) is 3. The molecule has 0 aliphatic carbocycles. The van der Waals surface area contributed by atoms with E-state index in [1.165, 1.54) is 0 Å². The molecule has 5 nitrogen and oxygen atoms in total. The maximum absolute atomic E-state index is 12.8. The molecule has 0 N–H and O–H groups in total. The first-order valence-corrected chi connectivity index (χ1v) is 8.87. The van der Waals surface area contributed by atoms with Crippen LogP contribution in [0, 0.1) is 6.92 Å². The number of Topliss-reactive ketones (excluding diaryl/α,β-unsaturated/α-hetero) is 1. The predicted octanol–water partition coefficient (Wildman–Crippen LogP) is 4.51. The van der Waals surface area contributed by atoms with E-state index in [0.29, 0.717) is 23.7 Å². The van der Waals surface area contributed by atoms with Crippen molar-refractivity contribution >= 4 is 22.8 Å². The second-order valence-corrected chi connectivity index (χ2v) is 6.52. The molecule has 4 rings (SSSR count). The van der Waals surface area contributed by atoms with Crippen molar-refractivity contribution in [3.8, 4) is 17.2 Å². The summed E-state index contributed by atoms with van der Waals surface area (Å²) in [4.78, 5) is 12.8. The van der Waals surface area contributed by atoms with E-state index in [2.05, 4.69) is 0 Å².